The molecule has 0 N–H and O–H groups in total. The molecule has 8 nitrogen and oxygen atoms in total. The largest absolute Gasteiger partial charge is 0.456 e. The lowest BCUT2D eigenvalue weighted by Gasteiger charge is -2.29. The fraction of sp³-hybridized carbons (Fsp3) is 0. The Labute approximate surface area is 816 Å². The maximum atomic E-state index is 6.77. The third-order valence-corrected chi connectivity index (χ3v) is 28.8. The number of hydrogen-bond donors (Lipinski definition) is 0. The predicted octanol–water partition coefficient (Wildman–Crippen LogP) is 39.1. The van der Waals surface area contributed by atoms with Crippen molar-refractivity contribution in [3.63, 3.8) is 0 Å². The van der Waals surface area contributed by atoms with Crippen molar-refractivity contribution < 1.29 is 17.7 Å². The van der Waals surface area contributed by atoms with Gasteiger partial charge < -0.3 is 37.3 Å². The molecule has 0 spiro atoms. The molecule has 0 amide bonds. The van der Waals surface area contributed by atoms with Crippen LogP contribution >= 0.6 is 0 Å². The molecule has 29 aromatic rings. The van der Waals surface area contributed by atoms with Gasteiger partial charge in [0.25, 0.3) is 0 Å². The van der Waals surface area contributed by atoms with Gasteiger partial charge >= 0.3 is 0 Å². The monoisotopic (exact) mass is 1810 g/mol. The van der Waals surface area contributed by atoms with Gasteiger partial charge in [0, 0.05) is 99.6 Å². The highest BCUT2D eigenvalue weighted by Gasteiger charge is 2.29. The van der Waals surface area contributed by atoms with E-state index in [-0.39, 0.29) is 0 Å². The second kappa shape index (κ2) is 33.5. The number of hydrogen-bond acceptors (Lipinski definition) is 8. The molecule has 142 heavy (non-hydrogen) atoms. The topological polar surface area (TPSA) is 65.5 Å². The van der Waals surface area contributed by atoms with Gasteiger partial charge in [-0.15, -0.1) is 0 Å². The number of nitrogens with zero attached hydrogens (tertiary/aromatic N) is 4. The summed E-state index contributed by atoms with van der Waals surface area (Å²) in [5, 5.41) is 28.1. The fourth-order valence-corrected chi connectivity index (χ4v) is 22.5. The van der Waals surface area contributed by atoms with Crippen molar-refractivity contribution in [3.8, 4) is 33.4 Å². The Bertz CT molecular complexity index is 10100. The molecule has 0 aliphatic heterocycles. The van der Waals surface area contributed by atoms with E-state index in [4.69, 9.17) is 17.7 Å². The summed E-state index contributed by atoms with van der Waals surface area (Å²) in [6.45, 7) is 0. The van der Waals surface area contributed by atoms with Crippen molar-refractivity contribution in [2.75, 3.05) is 19.6 Å². The number of para-hydroxylation sites is 10. The Balaban J connectivity index is 0.000000139. The lowest BCUT2D eigenvalue weighted by atomic mass is 9.90. The standard InChI is InChI=1S/C70H44N2O2.C64H40N2O2/c1-3-18-45(19-4-1)51-22-9-13-29-63(51)71(50-37-41-68-62(44-50)57-26-12-15-32-66(57)73-68)49-36-40-55-59-38-34-47-42-48(35-39-53(47)69(59)58-27-8-7-24-54(58)61(55)43-49)72(64-30-14-10-23-52(64)46-20-5-2-6-21-46)65-31-17-28-60-56-25-11-16-33-67(56)74-70(60)65;1-3-16-41(17-4-1)47-20-9-12-26-58(47)66(59-27-15-25-55-51-22-10-14-29-61(51)68-64(55)59)44-31-35-48-42(38-44)30-34-54-50-36-32-45(39-56(50)49-21-7-8-24-53(49)63(48)54)65(43-18-5-2-6-19-43)46-33-37-62-57(40-46)52-23-11-13-28-60(52)67-62/h1-44H;1-40H. The minimum absolute atomic E-state index is 0.852. The van der Waals surface area contributed by atoms with Crippen LogP contribution in [-0.4, -0.2) is 0 Å². The fourth-order valence-electron chi connectivity index (χ4n) is 22.5. The molecule has 8 heteroatoms. The van der Waals surface area contributed by atoms with Crippen LogP contribution in [0.4, 0.5) is 68.2 Å². The Morgan fingerprint density at radius 3 is 0.796 bits per heavy atom. The lowest BCUT2D eigenvalue weighted by Crippen LogP contribution is -2.11. The zero-order valence-corrected chi connectivity index (χ0v) is 76.9. The quantitative estimate of drug-likeness (QED) is 0.0941. The average Bonchev–Trinajstić information content (AvgIpc) is 0.955. The van der Waals surface area contributed by atoms with Gasteiger partial charge in [0.15, 0.2) is 11.2 Å². The van der Waals surface area contributed by atoms with Crippen molar-refractivity contribution in [1.82, 2.24) is 0 Å². The molecule has 4 heterocycles. The molecule has 29 rings (SSSR count). The lowest BCUT2D eigenvalue weighted by molar-refractivity contribution is 0.668. The van der Waals surface area contributed by atoms with Crippen molar-refractivity contribution in [2.24, 2.45) is 0 Å². The van der Waals surface area contributed by atoms with Gasteiger partial charge in [0.05, 0.1) is 28.4 Å². The molecule has 0 saturated heterocycles. The van der Waals surface area contributed by atoms with E-state index < -0.39 is 0 Å². The number of rotatable bonds is 15. The van der Waals surface area contributed by atoms with Crippen LogP contribution in [0.5, 0.6) is 0 Å². The van der Waals surface area contributed by atoms with Crippen molar-refractivity contribution in [1.29, 1.82) is 0 Å². The molecule has 0 unspecified atom stereocenters. The Morgan fingerprint density at radius 2 is 0.387 bits per heavy atom. The van der Waals surface area contributed by atoms with Gasteiger partial charge in [-0.3, -0.25) is 0 Å². The summed E-state index contributed by atoms with van der Waals surface area (Å²) < 4.78 is 26.1. The van der Waals surface area contributed by atoms with Crippen LogP contribution in [0.3, 0.4) is 0 Å². The van der Waals surface area contributed by atoms with Gasteiger partial charge in [-0.25, -0.2) is 0 Å². The third kappa shape index (κ3) is 13.4. The van der Waals surface area contributed by atoms with E-state index in [2.05, 4.69) is 493 Å². The summed E-state index contributed by atoms with van der Waals surface area (Å²) in [6, 6.07) is 183. The van der Waals surface area contributed by atoms with E-state index in [9.17, 15) is 0 Å². The van der Waals surface area contributed by atoms with E-state index in [1.54, 1.807) is 0 Å². The van der Waals surface area contributed by atoms with Crippen LogP contribution < -0.4 is 19.6 Å². The molecule has 0 aliphatic rings. The number of anilines is 12. The van der Waals surface area contributed by atoms with Crippen LogP contribution in [0.1, 0.15) is 0 Å². The summed E-state index contributed by atoms with van der Waals surface area (Å²) in [7, 11) is 0. The minimum Gasteiger partial charge on any atom is -0.456 e. The van der Waals surface area contributed by atoms with Crippen LogP contribution in [0.15, 0.2) is 527 Å². The minimum atomic E-state index is 0.852. The van der Waals surface area contributed by atoms with E-state index in [0.29, 0.717) is 0 Å². The predicted molar refractivity (Wildman–Crippen MR) is 597 cm³/mol. The van der Waals surface area contributed by atoms with Gasteiger partial charge in [-0.2, -0.15) is 0 Å². The van der Waals surface area contributed by atoms with E-state index >= 15 is 0 Å². The molecule has 0 saturated carbocycles. The maximum absolute atomic E-state index is 6.77. The molecular weight excluding hydrogens is 1730 g/mol. The first-order chi connectivity index (χ1) is 70.4. The second-order valence-corrected chi connectivity index (χ2v) is 36.7. The van der Waals surface area contributed by atoms with Crippen molar-refractivity contribution in [3.05, 3.63) is 510 Å². The second-order valence-electron chi connectivity index (χ2n) is 36.7. The smallest absolute Gasteiger partial charge is 0.159 e. The molecule has 0 bridgehead atoms. The summed E-state index contributed by atoms with van der Waals surface area (Å²) >= 11 is 0. The van der Waals surface area contributed by atoms with Crippen molar-refractivity contribution in [2.45, 2.75) is 0 Å². The maximum Gasteiger partial charge on any atom is 0.159 e. The van der Waals surface area contributed by atoms with Crippen LogP contribution in [-0.2, 0) is 0 Å². The number of benzene rings is 25. The SMILES string of the molecule is c1ccc(-c2ccccc2N(c2ccc3c(ccc4c5ccc(N(c6ccccc6)c6ccc7oc8ccccc8c7c6)cc5c5ccccc5c34)c2)c2cccc3c2oc2ccccc23)cc1.c1ccc(-c2ccccc2N(c2ccc3oc4ccccc4c3c2)c2ccc3c(c2)c2ccccc2c2c4ccc(N(c5ccccc5-c5ccccc5)c5cccc6c5oc5ccccc56)cc4ccc32)cc1. The van der Waals surface area contributed by atoms with Crippen LogP contribution in [0.2, 0.25) is 0 Å². The summed E-state index contributed by atoms with van der Waals surface area (Å²) in [6.07, 6.45) is 0. The number of furan rings is 4. The van der Waals surface area contributed by atoms with Crippen molar-refractivity contribution >= 4 is 242 Å². The summed E-state index contributed by atoms with van der Waals surface area (Å²) in [5.41, 5.74) is 26.5. The zero-order valence-electron chi connectivity index (χ0n) is 76.9. The van der Waals surface area contributed by atoms with Gasteiger partial charge in [-0.1, -0.05) is 358 Å². The molecule has 0 fully saturated rings. The highest BCUT2D eigenvalue weighted by molar-refractivity contribution is 6.34. The van der Waals surface area contributed by atoms with E-state index in [1.165, 1.54) is 75.4 Å². The first-order valence-corrected chi connectivity index (χ1v) is 48.4. The van der Waals surface area contributed by atoms with Gasteiger partial charge in [-0.05, 0) is 255 Å². The highest BCUT2D eigenvalue weighted by atomic mass is 16.3. The first kappa shape index (κ1) is 81.3. The molecule has 664 valence electrons. The molecule has 0 aliphatic carbocycles. The Kier molecular flexibility index (Phi) is 19.2. The summed E-state index contributed by atoms with van der Waals surface area (Å²) in [4.78, 5) is 9.53. The molecule has 4 aromatic heterocycles. The van der Waals surface area contributed by atoms with Crippen LogP contribution in [0, 0.1) is 0 Å². The Morgan fingerprint density at radius 1 is 0.127 bits per heavy atom. The molecule has 25 aromatic carbocycles. The highest BCUT2D eigenvalue weighted by Crippen LogP contribution is 2.54. The molecule has 0 radical (unpaired) electrons. The molecular formula is C134H84N4O4. The van der Waals surface area contributed by atoms with E-state index in [1.807, 2.05) is 36.4 Å². The molecule has 0 atom stereocenters. The van der Waals surface area contributed by atoms with Gasteiger partial charge in [0.1, 0.15) is 33.5 Å². The van der Waals surface area contributed by atoms with E-state index in [0.717, 1.165) is 200 Å². The van der Waals surface area contributed by atoms with Crippen LogP contribution in [0.25, 0.3) is 207 Å². The Hall–Kier alpha value is -19.0. The average molecular weight is 1810 g/mol. The normalized spacial score (nSPS) is 11.8. The van der Waals surface area contributed by atoms with Gasteiger partial charge in [0.2, 0.25) is 0 Å². The zero-order chi connectivity index (χ0) is 93.4. The third-order valence-electron chi connectivity index (χ3n) is 28.8. The number of fused-ring (bicyclic) bond motifs is 28. The summed E-state index contributed by atoms with van der Waals surface area (Å²) in [5.74, 6) is 0. The first-order valence-electron chi connectivity index (χ1n) is 48.4.